The van der Waals surface area contributed by atoms with Gasteiger partial charge in [0.15, 0.2) is 11.6 Å². The highest BCUT2D eigenvalue weighted by molar-refractivity contribution is 7.89. The lowest BCUT2D eigenvalue weighted by atomic mass is 9.94. The fourth-order valence-electron chi connectivity index (χ4n) is 3.87. The van der Waals surface area contributed by atoms with E-state index in [0.717, 1.165) is 5.56 Å². The third kappa shape index (κ3) is 5.50. The molecular weight excluding hydrogens is 476 g/mol. The fraction of sp³-hybridized carbons (Fsp3) is 0.318. The molecule has 0 saturated carbocycles. The Balaban J connectivity index is 1.59. The number of nitrogens with zero attached hydrogens (tertiary/aromatic N) is 3. The van der Waals surface area contributed by atoms with E-state index >= 15 is 0 Å². The maximum absolute atomic E-state index is 13.5. The van der Waals surface area contributed by atoms with E-state index in [9.17, 15) is 26.0 Å². The largest absolute Gasteiger partial charge is 0.484 e. The maximum atomic E-state index is 13.5. The summed E-state index contributed by atoms with van der Waals surface area (Å²) in [6, 6.07) is 11.4. The molecule has 7 nitrogen and oxygen atoms in total. The van der Waals surface area contributed by atoms with E-state index in [0.29, 0.717) is 5.69 Å². The standard InChI is InChI=1S/C22H22F4N4O3S/c1-29-12-21(27-14-29)34(31,32)30-10-19(15-5-7-16(23)8-6-15)20(11-30)28-17-3-2-4-18(9-17)33-13-22(24,25)26/h2-9,12,14,19-20,28H,10-11,13H2,1H3/t19-,20+/m1/s1. The van der Waals surface area contributed by atoms with Crippen LogP contribution in [0.25, 0.3) is 0 Å². The Kier molecular flexibility index (Phi) is 6.54. The van der Waals surface area contributed by atoms with Crippen molar-refractivity contribution in [1.29, 1.82) is 0 Å². The summed E-state index contributed by atoms with van der Waals surface area (Å²) in [5, 5.41) is 3.13. The van der Waals surface area contributed by atoms with Crippen molar-refractivity contribution in [3.8, 4) is 5.75 Å². The Hall–Kier alpha value is -3.12. The molecule has 0 radical (unpaired) electrons. The molecule has 34 heavy (non-hydrogen) atoms. The van der Waals surface area contributed by atoms with Crippen LogP contribution in [0, 0.1) is 5.82 Å². The molecule has 0 bridgehead atoms. The number of alkyl halides is 3. The zero-order chi connectivity index (χ0) is 24.5. The van der Waals surface area contributed by atoms with E-state index in [2.05, 4.69) is 10.3 Å². The summed E-state index contributed by atoms with van der Waals surface area (Å²) in [5.41, 5.74) is 1.19. The minimum absolute atomic E-state index is 0.0246. The number of hydrogen-bond acceptors (Lipinski definition) is 5. The lowest BCUT2D eigenvalue weighted by Crippen LogP contribution is -2.32. The number of nitrogens with one attached hydrogen (secondary N) is 1. The van der Waals surface area contributed by atoms with Gasteiger partial charge in [-0.2, -0.15) is 17.5 Å². The van der Waals surface area contributed by atoms with Crippen LogP contribution in [0.2, 0.25) is 0 Å². The van der Waals surface area contributed by atoms with Crippen LogP contribution in [0.1, 0.15) is 11.5 Å². The number of ether oxygens (including phenoxy) is 1. The summed E-state index contributed by atoms with van der Waals surface area (Å²) in [4.78, 5) is 3.96. The first-order valence-electron chi connectivity index (χ1n) is 10.3. The van der Waals surface area contributed by atoms with Crippen LogP contribution in [0.5, 0.6) is 5.75 Å². The average Bonchev–Trinajstić information content (AvgIpc) is 3.40. The molecule has 182 valence electrons. The van der Waals surface area contributed by atoms with Crippen LogP contribution < -0.4 is 10.1 Å². The second-order valence-corrected chi connectivity index (χ2v) is 9.92. The Morgan fingerprint density at radius 2 is 1.88 bits per heavy atom. The van der Waals surface area contributed by atoms with Crippen LogP contribution in [0.3, 0.4) is 0 Å². The third-order valence-electron chi connectivity index (χ3n) is 5.46. The molecule has 1 aromatic heterocycles. The first-order chi connectivity index (χ1) is 16.0. The van der Waals surface area contributed by atoms with Crippen LogP contribution in [0.4, 0.5) is 23.2 Å². The fourth-order valence-corrected chi connectivity index (χ4v) is 5.33. The number of benzene rings is 2. The van der Waals surface area contributed by atoms with Gasteiger partial charge in [0.25, 0.3) is 10.0 Å². The lowest BCUT2D eigenvalue weighted by Gasteiger charge is -2.22. The van der Waals surface area contributed by atoms with E-state index in [1.54, 1.807) is 25.2 Å². The van der Waals surface area contributed by atoms with Gasteiger partial charge in [-0.3, -0.25) is 0 Å². The zero-order valence-corrected chi connectivity index (χ0v) is 18.9. The normalized spacial score (nSPS) is 19.3. The molecule has 0 spiro atoms. The minimum Gasteiger partial charge on any atom is -0.484 e. The van der Waals surface area contributed by atoms with Crippen LogP contribution in [-0.2, 0) is 17.1 Å². The number of imidazole rings is 1. The number of sulfonamides is 1. The maximum Gasteiger partial charge on any atom is 0.422 e. The van der Waals surface area contributed by atoms with Gasteiger partial charge in [0, 0.05) is 50.0 Å². The predicted octanol–water partition coefficient (Wildman–Crippen LogP) is 3.77. The van der Waals surface area contributed by atoms with Gasteiger partial charge in [-0.15, -0.1) is 0 Å². The Morgan fingerprint density at radius 3 is 2.53 bits per heavy atom. The minimum atomic E-state index is -4.47. The molecule has 1 aliphatic heterocycles. The van der Waals surface area contributed by atoms with E-state index < -0.39 is 34.7 Å². The van der Waals surface area contributed by atoms with E-state index in [1.807, 2.05) is 0 Å². The third-order valence-corrected chi connectivity index (χ3v) is 7.18. The van der Waals surface area contributed by atoms with E-state index in [-0.39, 0.29) is 29.8 Å². The summed E-state index contributed by atoms with van der Waals surface area (Å²) >= 11 is 0. The van der Waals surface area contributed by atoms with Crippen LogP contribution >= 0.6 is 0 Å². The Bertz CT molecular complexity index is 1250. The zero-order valence-electron chi connectivity index (χ0n) is 18.0. The van der Waals surface area contributed by atoms with Crippen molar-refractivity contribution in [3.05, 3.63) is 72.4 Å². The van der Waals surface area contributed by atoms with Gasteiger partial charge in [-0.1, -0.05) is 18.2 Å². The van der Waals surface area contributed by atoms with Crippen molar-refractivity contribution in [2.75, 3.05) is 25.0 Å². The summed E-state index contributed by atoms with van der Waals surface area (Å²) in [5.74, 6) is -0.741. The summed E-state index contributed by atoms with van der Waals surface area (Å²) in [6.07, 6.45) is -1.67. The van der Waals surface area contributed by atoms with Crippen molar-refractivity contribution < 1.29 is 30.7 Å². The van der Waals surface area contributed by atoms with Gasteiger partial charge in [0.1, 0.15) is 11.6 Å². The molecule has 0 unspecified atom stereocenters. The van der Waals surface area contributed by atoms with Gasteiger partial charge in [0.05, 0.1) is 6.33 Å². The molecule has 0 aliphatic carbocycles. The van der Waals surface area contributed by atoms with Crippen molar-refractivity contribution in [3.63, 3.8) is 0 Å². The molecule has 2 heterocycles. The van der Waals surface area contributed by atoms with Crippen LogP contribution in [-0.4, -0.2) is 54.2 Å². The molecule has 1 fully saturated rings. The van der Waals surface area contributed by atoms with E-state index in [1.165, 1.54) is 51.7 Å². The Morgan fingerprint density at radius 1 is 1.15 bits per heavy atom. The van der Waals surface area contributed by atoms with Gasteiger partial charge in [-0.25, -0.2) is 17.8 Å². The SMILES string of the molecule is Cn1cnc(S(=O)(=O)N2C[C@H](Nc3cccc(OCC(F)(F)F)c3)[C@@H](c3ccc(F)cc3)C2)c1. The Labute approximate surface area is 194 Å². The molecule has 2 aromatic carbocycles. The molecular formula is C22H22F4N4O3S. The molecule has 1 saturated heterocycles. The number of aryl methyl sites for hydroxylation is 1. The highest BCUT2D eigenvalue weighted by Gasteiger charge is 2.41. The first kappa shape index (κ1) is 24.0. The predicted molar refractivity (Wildman–Crippen MR) is 117 cm³/mol. The number of anilines is 1. The van der Waals surface area contributed by atoms with Crippen molar-refractivity contribution in [2.24, 2.45) is 7.05 Å². The average molecular weight is 499 g/mol. The first-order valence-corrected chi connectivity index (χ1v) is 11.7. The van der Waals surface area contributed by atoms with Crippen LogP contribution in [0.15, 0.2) is 66.1 Å². The molecule has 0 amide bonds. The molecule has 2 atom stereocenters. The van der Waals surface area contributed by atoms with Gasteiger partial charge < -0.3 is 14.6 Å². The van der Waals surface area contributed by atoms with Gasteiger partial charge in [0.2, 0.25) is 0 Å². The molecule has 1 N–H and O–H groups in total. The van der Waals surface area contributed by atoms with Crippen molar-refractivity contribution in [2.45, 2.75) is 23.2 Å². The molecule has 3 aromatic rings. The van der Waals surface area contributed by atoms with Gasteiger partial charge >= 0.3 is 6.18 Å². The molecule has 4 rings (SSSR count). The topological polar surface area (TPSA) is 76.5 Å². The smallest absolute Gasteiger partial charge is 0.422 e. The second-order valence-electron chi connectivity index (χ2n) is 8.04. The van der Waals surface area contributed by atoms with Gasteiger partial charge in [-0.05, 0) is 29.8 Å². The summed E-state index contributed by atoms with van der Waals surface area (Å²) in [7, 11) is -2.23. The number of hydrogen-bond donors (Lipinski definition) is 1. The highest BCUT2D eigenvalue weighted by atomic mass is 32.2. The number of aromatic nitrogens is 2. The quantitative estimate of drug-likeness (QED) is 0.502. The lowest BCUT2D eigenvalue weighted by molar-refractivity contribution is -0.153. The second kappa shape index (κ2) is 9.26. The highest BCUT2D eigenvalue weighted by Crippen LogP contribution is 2.34. The number of rotatable bonds is 7. The monoisotopic (exact) mass is 498 g/mol. The summed E-state index contributed by atoms with van der Waals surface area (Å²) in [6.45, 7) is -1.23. The molecule has 1 aliphatic rings. The van der Waals surface area contributed by atoms with Crippen molar-refractivity contribution >= 4 is 15.7 Å². The van der Waals surface area contributed by atoms with E-state index in [4.69, 9.17) is 4.74 Å². The number of halogens is 4. The molecule has 12 heteroatoms. The van der Waals surface area contributed by atoms with Crippen molar-refractivity contribution in [1.82, 2.24) is 13.9 Å². The summed E-state index contributed by atoms with van der Waals surface area (Å²) < 4.78 is 84.9.